The smallest absolute Gasteiger partial charge is 0.256 e. The number of phenols is 1. The van der Waals surface area contributed by atoms with E-state index in [1.165, 1.54) is 6.07 Å². The van der Waals surface area contributed by atoms with Crippen LogP contribution in [0.5, 0.6) is 5.75 Å². The van der Waals surface area contributed by atoms with Crippen LogP contribution in [-0.2, 0) is 7.05 Å². The zero-order chi connectivity index (χ0) is 12.4. The van der Waals surface area contributed by atoms with Crippen LogP contribution in [0.1, 0.15) is 15.9 Å². The minimum absolute atomic E-state index is 0.180. The van der Waals surface area contributed by atoms with Gasteiger partial charge in [-0.3, -0.25) is 9.48 Å². The predicted octanol–water partition coefficient (Wildman–Crippen LogP) is 1.69. The van der Waals surface area contributed by atoms with Gasteiger partial charge in [-0.2, -0.15) is 5.10 Å². The molecule has 1 amide bonds. The maximum Gasteiger partial charge on any atom is 0.256 e. The van der Waals surface area contributed by atoms with Crippen molar-refractivity contribution in [2.45, 2.75) is 6.92 Å². The van der Waals surface area contributed by atoms with Crippen molar-refractivity contribution in [1.82, 2.24) is 9.78 Å². The fourth-order valence-corrected chi connectivity index (χ4v) is 1.47. The molecule has 2 rings (SSSR count). The van der Waals surface area contributed by atoms with Crippen molar-refractivity contribution in [2.24, 2.45) is 7.05 Å². The zero-order valence-corrected chi connectivity index (χ0v) is 9.64. The molecule has 0 fully saturated rings. The van der Waals surface area contributed by atoms with Crippen LogP contribution in [-0.4, -0.2) is 20.8 Å². The molecule has 0 bridgehead atoms. The molecule has 0 aliphatic carbocycles. The highest BCUT2D eigenvalue weighted by molar-refractivity contribution is 6.03. The molecule has 0 atom stereocenters. The van der Waals surface area contributed by atoms with Crippen LogP contribution in [0.4, 0.5) is 5.82 Å². The average Bonchev–Trinajstić information content (AvgIpc) is 2.68. The summed E-state index contributed by atoms with van der Waals surface area (Å²) in [7, 11) is 1.78. The summed E-state index contributed by atoms with van der Waals surface area (Å²) >= 11 is 0. The third-order valence-electron chi connectivity index (χ3n) is 2.41. The standard InChI is InChI=1S/C12H13N3O2/c1-8-7-9(3-4-10(8)16)12(17)13-11-5-6-15(2)14-11/h3-7,16H,1-2H3,(H,13,14,17). The first-order chi connectivity index (χ1) is 8.06. The first-order valence-corrected chi connectivity index (χ1v) is 5.17. The van der Waals surface area contributed by atoms with Crippen LogP contribution in [0.15, 0.2) is 30.5 Å². The summed E-state index contributed by atoms with van der Waals surface area (Å²) in [4.78, 5) is 11.8. The molecule has 0 aliphatic rings. The number of hydrogen-bond donors (Lipinski definition) is 2. The maximum atomic E-state index is 11.8. The molecule has 2 aromatic rings. The lowest BCUT2D eigenvalue weighted by Crippen LogP contribution is -2.12. The second-order valence-corrected chi connectivity index (χ2v) is 3.83. The van der Waals surface area contributed by atoms with Crippen molar-refractivity contribution < 1.29 is 9.90 Å². The van der Waals surface area contributed by atoms with Crippen molar-refractivity contribution in [3.8, 4) is 5.75 Å². The molecular weight excluding hydrogens is 218 g/mol. The maximum absolute atomic E-state index is 11.8. The van der Waals surface area contributed by atoms with Gasteiger partial charge in [0.15, 0.2) is 5.82 Å². The zero-order valence-electron chi connectivity index (χ0n) is 9.64. The summed E-state index contributed by atoms with van der Waals surface area (Å²) in [6, 6.07) is 6.42. The molecule has 88 valence electrons. The molecule has 0 unspecified atom stereocenters. The number of nitrogens with zero attached hydrogens (tertiary/aromatic N) is 2. The molecule has 0 spiro atoms. The van der Waals surface area contributed by atoms with Gasteiger partial charge in [0.2, 0.25) is 0 Å². The molecule has 1 aromatic carbocycles. The van der Waals surface area contributed by atoms with E-state index >= 15 is 0 Å². The number of carbonyl (C=O) groups excluding carboxylic acids is 1. The van der Waals surface area contributed by atoms with E-state index in [2.05, 4.69) is 10.4 Å². The lowest BCUT2D eigenvalue weighted by molar-refractivity contribution is 0.102. The van der Waals surface area contributed by atoms with E-state index in [1.807, 2.05) is 0 Å². The van der Waals surface area contributed by atoms with Crippen LogP contribution >= 0.6 is 0 Å². The fraction of sp³-hybridized carbons (Fsp3) is 0.167. The molecule has 0 aliphatic heterocycles. The van der Waals surface area contributed by atoms with E-state index in [4.69, 9.17) is 0 Å². The molecule has 1 aromatic heterocycles. The van der Waals surface area contributed by atoms with Gasteiger partial charge in [-0.15, -0.1) is 0 Å². The van der Waals surface area contributed by atoms with E-state index < -0.39 is 0 Å². The Hall–Kier alpha value is -2.30. The monoisotopic (exact) mass is 231 g/mol. The summed E-state index contributed by atoms with van der Waals surface area (Å²) in [6.07, 6.45) is 1.75. The highest BCUT2D eigenvalue weighted by Gasteiger charge is 2.08. The molecule has 0 saturated carbocycles. The summed E-state index contributed by atoms with van der Waals surface area (Å²) < 4.78 is 1.61. The van der Waals surface area contributed by atoms with Gasteiger partial charge in [0, 0.05) is 24.9 Å². The van der Waals surface area contributed by atoms with Crippen molar-refractivity contribution in [3.05, 3.63) is 41.6 Å². The number of carbonyl (C=O) groups is 1. The van der Waals surface area contributed by atoms with Gasteiger partial charge in [0.25, 0.3) is 5.91 Å². The number of amides is 1. The van der Waals surface area contributed by atoms with Crippen molar-refractivity contribution in [1.29, 1.82) is 0 Å². The van der Waals surface area contributed by atoms with Gasteiger partial charge in [-0.05, 0) is 30.7 Å². The number of aromatic nitrogens is 2. The SMILES string of the molecule is Cc1cc(C(=O)Nc2ccn(C)n2)ccc1O. The van der Waals surface area contributed by atoms with Crippen LogP contribution in [0, 0.1) is 6.92 Å². The Morgan fingerprint density at radius 2 is 2.18 bits per heavy atom. The minimum atomic E-state index is -0.244. The third-order valence-corrected chi connectivity index (χ3v) is 2.41. The highest BCUT2D eigenvalue weighted by atomic mass is 16.3. The highest BCUT2D eigenvalue weighted by Crippen LogP contribution is 2.17. The molecule has 17 heavy (non-hydrogen) atoms. The number of rotatable bonds is 2. The Bertz CT molecular complexity index is 561. The van der Waals surface area contributed by atoms with Gasteiger partial charge >= 0.3 is 0 Å². The summed E-state index contributed by atoms with van der Waals surface area (Å²) in [6.45, 7) is 1.74. The first-order valence-electron chi connectivity index (χ1n) is 5.17. The first kappa shape index (κ1) is 11.2. The number of aryl methyl sites for hydroxylation is 2. The number of hydrogen-bond acceptors (Lipinski definition) is 3. The third kappa shape index (κ3) is 2.44. The largest absolute Gasteiger partial charge is 0.508 e. The van der Waals surface area contributed by atoms with Gasteiger partial charge in [-0.1, -0.05) is 0 Å². The normalized spacial score (nSPS) is 10.2. The fourth-order valence-electron chi connectivity index (χ4n) is 1.47. The quantitative estimate of drug-likeness (QED) is 0.826. The second-order valence-electron chi connectivity index (χ2n) is 3.83. The Labute approximate surface area is 98.7 Å². The van der Waals surface area contributed by atoms with Gasteiger partial charge in [0.1, 0.15) is 5.75 Å². The minimum Gasteiger partial charge on any atom is -0.508 e. The number of nitrogens with one attached hydrogen (secondary N) is 1. The van der Waals surface area contributed by atoms with E-state index in [-0.39, 0.29) is 11.7 Å². The Balaban J connectivity index is 2.17. The van der Waals surface area contributed by atoms with Crippen molar-refractivity contribution in [2.75, 3.05) is 5.32 Å². The molecule has 1 heterocycles. The van der Waals surface area contributed by atoms with Gasteiger partial charge < -0.3 is 10.4 Å². The van der Waals surface area contributed by atoms with Crippen LogP contribution in [0.25, 0.3) is 0 Å². The number of phenolic OH excluding ortho intramolecular Hbond substituents is 1. The second kappa shape index (κ2) is 4.29. The summed E-state index contributed by atoms with van der Waals surface area (Å²) in [5, 5.41) is 16.1. The molecule has 5 heteroatoms. The van der Waals surface area contributed by atoms with Gasteiger partial charge in [-0.25, -0.2) is 0 Å². The van der Waals surface area contributed by atoms with Crippen LogP contribution in [0.3, 0.4) is 0 Å². The Kier molecular flexibility index (Phi) is 2.82. The van der Waals surface area contributed by atoms with Crippen molar-refractivity contribution >= 4 is 11.7 Å². The molecule has 2 N–H and O–H groups in total. The van der Waals surface area contributed by atoms with Crippen LogP contribution < -0.4 is 5.32 Å². The Morgan fingerprint density at radius 3 is 2.76 bits per heavy atom. The van der Waals surface area contributed by atoms with Crippen molar-refractivity contribution in [3.63, 3.8) is 0 Å². The van der Waals surface area contributed by atoms with Gasteiger partial charge in [0.05, 0.1) is 0 Å². The molecule has 0 saturated heterocycles. The van der Waals surface area contributed by atoms with E-state index in [9.17, 15) is 9.90 Å². The topological polar surface area (TPSA) is 67.2 Å². The summed E-state index contributed by atoms with van der Waals surface area (Å²) in [5.41, 5.74) is 1.16. The number of benzene rings is 1. The van der Waals surface area contributed by atoms with E-state index in [1.54, 1.807) is 43.0 Å². The lowest BCUT2D eigenvalue weighted by atomic mass is 10.1. The van der Waals surface area contributed by atoms with E-state index in [0.717, 1.165) is 0 Å². The van der Waals surface area contributed by atoms with Crippen LogP contribution in [0.2, 0.25) is 0 Å². The lowest BCUT2D eigenvalue weighted by Gasteiger charge is -2.04. The number of aromatic hydroxyl groups is 1. The Morgan fingerprint density at radius 1 is 1.41 bits per heavy atom. The molecule has 5 nitrogen and oxygen atoms in total. The molecular formula is C12H13N3O2. The molecule has 0 radical (unpaired) electrons. The summed E-state index contributed by atoms with van der Waals surface area (Å²) in [5.74, 6) is 0.439. The van der Waals surface area contributed by atoms with E-state index in [0.29, 0.717) is 16.9 Å². The number of anilines is 1. The average molecular weight is 231 g/mol. The predicted molar refractivity (Wildman–Crippen MR) is 64.0 cm³/mol.